The summed E-state index contributed by atoms with van der Waals surface area (Å²) in [6.45, 7) is 7.15. The van der Waals surface area contributed by atoms with E-state index in [-0.39, 0.29) is 11.8 Å². The van der Waals surface area contributed by atoms with Crippen molar-refractivity contribution < 1.29 is 9.32 Å². The van der Waals surface area contributed by atoms with E-state index in [4.69, 9.17) is 4.52 Å². The second-order valence-corrected chi connectivity index (χ2v) is 5.07. The average molecular weight is 276 g/mol. The van der Waals surface area contributed by atoms with Crippen molar-refractivity contribution in [2.45, 2.75) is 26.7 Å². The van der Waals surface area contributed by atoms with Crippen LogP contribution in [0.2, 0.25) is 0 Å². The molecule has 6 nitrogen and oxygen atoms in total. The molecule has 0 unspecified atom stereocenters. The first-order valence-electron chi connectivity index (χ1n) is 6.74. The summed E-state index contributed by atoms with van der Waals surface area (Å²) >= 11 is 0. The Hall–Kier alpha value is -1.95. The smallest absolute Gasteiger partial charge is 0.259 e. The van der Waals surface area contributed by atoms with Crippen molar-refractivity contribution in [3.63, 3.8) is 0 Å². The summed E-state index contributed by atoms with van der Waals surface area (Å²) in [4.78, 5) is 16.6. The van der Waals surface area contributed by atoms with Crippen LogP contribution < -0.4 is 10.6 Å². The van der Waals surface area contributed by atoms with Crippen LogP contribution >= 0.6 is 0 Å². The molecule has 6 heteroatoms. The van der Waals surface area contributed by atoms with Crippen LogP contribution in [0, 0.1) is 6.92 Å². The number of pyridine rings is 1. The second kappa shape index (κ2) is 6.00. The van der Waals surface area contributed by atoms with Gasteiger partial charge in [-0.1, -0.05) is 19.0 Å². The van der Waals surface area contributed by atoms with Gasteiger partial charge in [0.15, 0.2) is 0 Å². The maximum atomic E-state index is 12.3. The maximum absolute atomic E-state index is 12.3. The number of rotatable bonds is 5. The Morgan fingerprint density at radius 1 is 1.40 bits per heavy atom. The van der Waals surface area contributed by atoms with Crippen LogP contribution in [0.5, 0.6) is 0 Å². The summed E-state index contributed by atoms with van der Waals surface area (Å²) in [6.07, 6.45) is 0. The molecule has 0 fully saturated rings. The highest BCUT2D eigenvalue weighted by molar-refractivity contribution is 6.06. The van der Waals surface area contributed by atoms with E-state index in [0.29, 0.717) is 23.2 Å². The molecular weight excluding hydrogens is 256 g/mol. The molecule has 2 aromatic heterocycles. The Morgan fingerprint density at radius 2 is 2.15 bits per heavy atom. The fourth-order valence-corrected chi connectivity index (χ4v) is 2.07. The van der Waals surface area contributed by atoms with Gasteiger partial charge in [0.05, 0.1) is 16.6 Å². The molecule has 0 aliphatic rings. The van der Waals surface area contributed by atoms with Crippen molar-refractivity contribution in [2.75, 3.05) is 20.1 Å². The minimum absolute atomic E-state index is 0.124. The summed E-state index contributed by atoms with van der Waals surface area (Å²) in [7, 11) is 1.85. The average Bonchev–Trinajstić information content (AvgIpc) is 2.81. The van der Waals surface area contributed by atoms with Gasteiger partial charge in [0.2, 0.25) is 0 Å². The van der Waals surface area contributed by atoms with Crippen LogP contribution in [0.25, 0.3) is 11.1 Å². The third kappa shape index (κ3) is 2.80. The molecule has 2 heterocycles. The van der Waals surface area contributed by atoms with Crippen molar-refractivity contribution in [1.29, 1.82) is 0 Å². The molecular formula is C14H20N4O2. The Bertz CT molecular complexity index is 619. The van der Waals surface area contributed by atoms with E-state index in [9.17, 15) is 4.79 Å². The van der Waals surface area contributed by atoms with E-state index in [1.807, 2.05) is 27.8 Å². The maximum Gasteiger partial charge on any atom is 0.259 e. The van der Waals surface area contributed by atoms with Gasteiger partial charge in [-0.05, 0) is 26.0 Å². The van der Waals surface area contributed by atoms with Crippen molar-refractivity contribution >= 4 is 17.0 Å². The van der Waals surface area contributed by atoms with E-state index in [0.717, 1.165) is 17.9 Å². The number of fused-ring (bicyclic) bond motifs is 1. The summed E-state index contributed by atoms with van der Waals surface area (Å²) in [5.41, 5.74) is 2.51. The molecule has 0 spiro atoms. The standard InChI is InChI=1S/C14H20N4O2/c1-8(2)12-11-10(13(19)16-6-5-15-4)7-9(3)17-14(11)20-18-12/h7-8,15H,5-6H2,1-4H3,(H,16,19). The van der Waals surface area contributed by atoms with Gasteiger partial charge in [-0.2, -0.15) is 0 Å². The van der Waals surface area contributed by atoms with Crippen molar-refractivity contribution in [3.8, 4) is 0 Å². The van der Waals surface area contributed by atoms with Crippen LogP contribution in [0.3, 0.4) is 0 Å². The van der Waals surface area contributed by atoms with Gasteiger partial charge < -0.3 is 15.2 Å². The zero-order valence-electron chi connectivity index (χ0n) is 12.3. The number of hydrogen-bond donors (Lipinski definition) is 2. The SMILES string of the molecule is CNCCNC(=O)c1cc(C)nc2onc(C(C)C)c12. The zero-order chi connectivity index (χ0) is 14.7. The van der Waals surface area contributed by atoms with Gasteiger partial charge in [-0.15, -0.1) is 0 Å². The van der Waals surface area contributed by atoms with E-state index < -0.39 is 0 Å². The molecule has 2 rings (SSSR count). The Morgan fingerprint density at radius 3 is 2.80 bits per heavy atom. The molecule has 0 aromatic carbocycles. The summed E-state index contributed by atoms with van der Waals surface area (Å²) in [5.74, 6) is 0.0467. The van der Waals surface area contributed by atoms with Crippen LogP contribution in [0.1, 0.15) is 41.5 Å². The van der Waals surface area contributed by atoms with Crippen LogP contribution in [0.4, 0.5) is 0 Å². The quantitative estimate of drug-likeness (QED) is 0.811. The van der Waals surface area contributed by atoms with E-state index in [1.54, 1.807) is 6.07 Å². The number of amides is 1. The second-order valence-electron chi connectivity index (χ2n) is 5.07. The topological polar surface area (TPSA) is 80.0 Å². The number of aromatic nitrogens is 2. The molecule has 0 atom stereocenters. The monoisotopic (exact) mass is 276 g/mol. The lowest BCUT2D eigenvalue weighted by Crippen LogP contribution is -2.30. The third-order valence-electron chi connectivity index (χ3n) is 3.05. The first-order chi connectivity index (χ1) is 9.54. The van der Waals surface area contributed by atoms with Crippen LogP contribution in [-0.4, -0.2) is 36.2 Å². The molecule has 0 saturated carbocycles. The highest BCUT2D eigenvalue weighted by Gasteiger charge is 2.20. The predicted octanol–water partition coefficient (Wildman–Crippen LogP) is 1.60. The van der Waals surface area contributed by atoms with E-state index in [2.05, 4.69) is 20.8 Å². The molecule has 0 aliphatic carbocycles. The molecule has 0 saturated heterocycles. The molecule has 2 N–H and O–H groups in total. The van der Waals surface area contributed by atoms with Gasteiger partial charge in [-0.3, -0.25) is 4.79 Å². The number of likely N-dealkylation sites (N-methyl/N-ethyl adjacent to an activating group) is 1. The number of nitrogens with one attached hydrogen (secondary N) is 2. The van der Waals surface area contributed by atoms with Crippen molar-refractivity contribution in [3.05, 3.63) is 23.0 Å². The zero-order valence-corrected chi connectivity index (χ0v) is 12.3. The van der Waals surface area contributed by atoms with Gasteiger partial charge in [0.1, 0.15) is 0 Å². The fraction of sp³-hybridized carbons (Fsp3) is 0.500. The predicted molar refractivity (Wildman–Crippen MR) is 76.9 cm³/mol. The normalized spacial score (nSPS) is 11.2. The molecule has 0 bridgehead atoms. The molecule has 2 aromatic rings. The Labute approximate surface area is 117 Å². The van der Waals surface area contributed by atoms with Gasteiger partial charge in [0.25, 0.3) is 11.6 Å². The summed E-state index contributed by atoms with van der Waals surface area (Å²) in [6, 6.07) is 1.78. The largest absolute Gasteiger partial charge is 0.351 e. The number of carbonyl (C=O) groups is 1. The lowest BCUT2D eigenvalue weighted by atomic mass is 10.0. The highest BCUT2D eigenvalue weighted by Crippen LogP contribution is 2.27. The van der Waals surface area contributed by atoms with Gasteiger partial charge in [0, 0.05) is 18.8 Å². The molecule has 0 radical (unpaired) electrons. The molecule has 1 amide bonds. The van der Waals surface area contributed by atoms with Crippen LogP contribution in [0.15, 0.2) is 10.6 Å². The van der Waals surface area contributed by atoms with Crippen molar-refractivity contribution in [2.24, 2.45) is 0 Å². The highest BCUT2D eigenvalue weighted by atomic mass is 16.5. The number of aryl methyl sites for hydroxylation is 1. The Kier molecular flexibility index (Phi) is 4.34. The van der Waals surface area contributed by atoms with Gasteiger partial charge >= 0.3 is 0 Å². The fourth-order valence-electron chi connectivity index (χ4n) is 2.07. The minimum Gasteiger partial charge on any atom is -0.351 e. The lowest BCUT2D eigenvalue weighted by molar-refractivity contribution is 0.0955. The molecule has 108 valence electrons. The number of carbonyl (C=O) groups excluding carboxylic acids is 1. The van der Waals surface area contributed by atoms with E-state index >= 15 is 0 Å². The Balaban J connectivity index is 2.44. The first-order valence-corrected chi connectivity index (χ1v) is 6.74. The lowest BCUT2D eigenvalue weighted by Gasteiger charge is -2.08. The number of nitrogens with zero attached hydrogens (tertiary/aromatic N) is 2. The summed E-state index contributed by atoms with van der Waals surface area (Å²) in [5, 5.41) is 10.6. The third-order valence-corrected chi connectivity index (χ3v) is 3.05. The molecule has 0 aliphatic heterocycles. The first kappa shape index (κ1) is 14.5. The van der Waals surface area contributed by atoms with E-state index in [1.165, 1.54) is 0 Å². The van der Waals surface area contributed by atoms with Gasteiger partial charge in [-0.25, -0.2) is 4.98 Å². The van der Waals surface area contributed by atoms with Crippen molar-refractivity contribution in [1.82, 2.24) is 20.8 Å². The molecule has 20 heavy (non-hydrogen) atoms. The van der Waals surface area contributed by atoms with Crippen LogP contribution in [-0.2, 0) is 0 Å². The summed E-state index contributed by atoms with van der Waals surface area (Å²) < 4.78 is 5.25. The minimum atomic E-state index is -0.124. The number of hydrogen-bond acceptors (Lipinski definition) is 5.